The summed E-state index contributed by atoms with van der Waals surface area (Å²) in [7, 11) is -4.78. The Morgan fingerprint density at radius 3 is 2.48 bits per heavy atom. The van der Waals surface area contributed by atoms with Crippen LogP contribution < -0.4 is 17.1 Å². The summed E-state index contributed by atoms with van der Waals surface area (Å²) in [5.41, 5.74) is 10.7. The zero-order valence-corrected chi connectivity index (χ0v) is 15.9. The Balaban J connectivity index is 2.31. The van der Waals surface area contributed by atoms with Gasteiger partial charge in [-0.3, -0.25) is 4.79 Å². The summed E-state index contributed by atoms with van der Waals surface area (Å²) in [6.45, 7) is 2.21. The summed E-state index contributed by atoms with van der Waals surface area (Å²) >= 11 is 0. The van der Waals surface area contributed by atoms with Crippen molar-refractivity contribution in [3.05, 3.63) is 33.7 Å². The van der Waals surface area contributed by atoms with Crippen LogP contribution in [0.4, 0.5) is 5.69 Å². The van der Waals surface area contributed by atoms with Gasteiger partial charge in [0.15, 0.2) is 0 Å². The number of fused-ring (bicyclic) bond motifs is 1. The summed E-state index contributed by atoms with van der Waals surface area (Å²) in [4.78, 5) is 23.9. The molecule has 1 aromatic carbocycles. The summed E-state index contributed by atoms with van der Waals surface area (Å²) < 4.78 is 39.2. The average Bonchev–Trinajstić information content (AvgIpc) is 2.57. The molecular formula is C18H23N2O6S-. The average molecular weight is 395 g/mol. The number of Topliss-reactive ketones (excluding diaryl/α,β-unsaturated/α-hetero) is 1. The van der Waals surface area contributed by atoms with E-state index in [0.29, 0.717) is 24.9 Å². The van der Waals surface area contributed by atoms with Gasteiger partial charge in [0.05, 0.1) is 10.6 Å². The van der Waals surface area contributed by atoms with Crippen LogP contribution in [-0.2, 0) is 21.3 Å². The summed E-state index contributed by atoms with van der Waals surface area (Å²) in [5, 5.41) is 0.268. The number of hydrogen-bond donors (Lipinski definition) is 2. The highest BCUT2D eigenvalue weighted by molar-refractivity contribution is 7.86. The highest BCUT2D eigenvalue weighted by Crippen LogP contribution is 2.28. The van der Waals surface area contributed by atoms with Gasteiger partial charge < -0.3 is 20.4 Å². The van der Waals surface area contributed by atoms with Crippen molar-refractivity contribution >= 4 is 32.6 Å². The van der Waals surface area contributed by atoms with Gasteiger partial charge in [0.2, 0.25) is 0 Å². The van der Waals surface area contributed by atoms with Crippen LogP contribution in [0.25, 0.3) is 11.0 Å². The monoisotopic (exact) mass is 395 g/mol. The van der Waals surface area contributed by atoms with Crippen LogP contribution >= 0.6 is 0 Å². The predicted octanol–water partition coefficient (Wildman–Crippen LogP) is 1.61. The number of nitrogens with two attached hydrogens (primary N) is 2. The molecule has 0 bridgehead atoms. The molecule has 2 aromatic rings. The molecule has 9 heteroatoms. The third kappa shape index (κ3) is 5.15. The van der Waals surface area contributed by atoms with E-state index in [9.17, 15) is 22.6 Å². The normalized spacial score (nSPS) is 11.8. The molecule has 0 amide bonds. The maximum Gasteiger partial charge on any atom is 0.340 e. The summed E-state index contributed by atoms with van der Waals surface area (Å²) in [6, 6.07) is 2.23. The Labute approximate surface area is 157 Å². The second-order valence-corrected chi connectivity index (χ2v) is 7.85. The van der Waals surface area contributed by atoms with Gasteiger partial charge in [0, 0.05) is 29.9 Å². The molecule has 0 spiro atoms. The first-order valence-corrected chi connectivity index (χ1v) is 10.1. The molecule has 1 aromatic heterocycles. The first-order chi connectivity index (χ1) is 12.6. The van der Waals surface area contributed by atoms with Crippen molar-refractivity contribution in [1.82, 2.24) is 0 Å². The molecule has 8 nitrogen and oxygen atoms in total. The van der Waals surface area contributed by atoms with Gasteiger partial charge in [-0.2, -0.15) is 0 Å². The lowest BCUT2D eigenvalue weighted by Gasteiger charge is -2.13. The SMILES string of the molecule is Cc1c(CC(=O)CCCCCCN)c(=O)oc2cc(N)c(S(=O)(=O)[O-])cc12. The molecule has 0 fully saturated rings. The number of rotatable bonds is 9. The third-order valence-electron chi connectivity index (χ3n) is 4.47. The lowest BCUT2D eigenvalue weighted by atomic mass is 9.99. The van der Waals surface area contributed by atoms with Gasteiger partial charge in [-0.1, -0.05) is 12.8 Å². The number of hydrogen-bond acceptors (Lipinski definition) is 8. The zero-order valence-electron chi connectivity index (χ0n) is 15.1. The molecular weight excluding hydrogens is 372 g/mol. The van der Waals surface area contributed by atoms with Gasteiger partial charge in [-0.25, -0.2) is 13.2 Å². The van der Waals surface area contributed by atoms with Crippen LogP contribution in [0.3, 0.4) is 0 Å². The summed E-state index contributed by atoms with van der Waals surface area (Å²) in [6.07, 6.45) is 3.70. The molecule has 0 aliphatic heterocycles. The Hall–Kier alpha value is -2.23. The second kappa shape index (κ2) is 8.64. The Morgan fingerprint density at radius 1 is 1.19 bits per heavy atom. The number of carbonyl (C=O) groups is 1. The molecule has 0 radical (unpaired) electrons. The van der Waals surface area contributed by atoms with E-state index in [0.717, 1.165) is 31.4 Å². The van der Waals surface area contributed by atoms with Crippen LogP contribution in [0, 0.1) is 6.92 Å². The highest BCUT2D eigenvalue weighted by Gasteiger charge is 2.17. The molecule has 0 aliphatic rings. The standard InChI is InChI=1S/C18H24N2O6S/c1-11-13-9-17(27(23,24)25)15(20)10-16(13)26-18(22)14(11)8-12(21)6-4-2-3-5-7-19/h9-10H,2-8,19-20H2,1H3,(H,23,24,25)/p-1. The van der Waals surface area contributed by atoms with Gasteiger partial charge in [-0.15, -0.1) is 0 Å². The van der Waals surface area contributed by atoms with E-state index < -0.39 is 20.6 Å². The van der Waals surface area contributed by atoms with Crippen molar-refractivity contribution in [1.29, 1.82) is 0 Å². The summed E-state index contributed by atoms with van der Waals surface area (Å²) in [5.74, 6) is -0.107. The largest absolute Gasteiger partial charge is 0.744 e. The first-order valence-electron chi connectivity index (χ1n) is 8.68. The molecule has 148 valence electrons. The minimum Gasteiger partial charge on any atom is -0.744 e. The number of carbonyl (C=O) groups excluding carboxylic acids is 1. The smallest absolute Gasteiger partial charge is 0.340 e. The predicted molar refractivity (Wildman–Crippen MR) is 100 cm³/mol. The van der Waals surface area contributed by atoms with Crippen molar-refractivity contribution in [2.45, 2.75) is 50.3 Å². The maximum atomic E-state index is 12.2. The lowest BCUT2D eigenvalue weighted by Crippen LogP contribution is -2.16. The highest BCUT2D eigenvalue weighted by atomic mass is 32.2. The molecule has 0 aliphatic carbocycles. The van der Waals surface area contributed by atoms with Crippen LogP contribution in [-0.4, -0.2) is 25.3 Å². The Kier molecular flexibility index (Phi) is 6.74. The zero-order chi connectivity index (χ0) is 20.2. The number of nitrogen functional groups attached to an aromatic ring is 1. The molecule has 0 atom stereocenters. The van der Waals surface area contributed by atoms with Crippen molar-refractivity contribution in [3.8, 4) is 0 Å². The van der Waals surface area contributed by atoms with Gasteiger partial charge in [0.25, 0.3) is 0 Å². The maximum absolute atomic E-state index is 12.2. The molecule has 0 saturated carbocycles. The van der Waals surface area contributed by atoms with E-state index >= 15 is 0 Å². The van der Waals surface area contributed by atoms with Crippen LogP contribution in [0.1, 0.15) is 43.2 Å². The van der Waals surface area contributed by atoms with E-state index in [1.807, 2.05) is 0 Å². The van der Waals surface area contributed by atoms with Crippen LogP contribution in [0.2, 0.25) is 0 Å². The van der Waals surface area contributed by atoms with Gasteiger partial charge in [-0.05, 0) is 37.9 Å². The Bertz CT molecular complexity index is 1010. The van der Waals surface area contributed by atoms with E-state index in [-0.39, 0.29) is 34.4 Å². The van der Waals surface area contributed by atoms with Crippen molar-refractivity contribution in [3.63, 3.8) is 0 Å². The van der Waals surface area contributed by atoms with Gasteiger partial charge >= 0.3 is 5.63 Å². The number of unbranched alkanes of at least 4 members (excludes halogenated alkanes) is 3. The van der Waals surface area contributed by atoms with E-state index in [1.54, 1.807) is 6.92 Å². The van der Waals surface area contributed by atoms with E-state index in [1.165, 1.54) is 0 Å². The molecule has 2 rings (SSSR count). The molecule has 4 N–H and O–H groups in total. The minimum atomic E-state index is -4.78. The number of benzene rings is 1. The van der Waals surface area contributed by atoms with Crippen molar-refractivity contribution in [2.24, 2.45) is 5.73 Å². The first kappa shape index (κ1) is 21.1. The number of ketones is 1. The molecule has 27 heavy (non-hydrogen) atoms. The molecule has 0 saturated heterocycles. The van der Waals surface area contributed by atoms with Crippen LogP contribution in [0.15, 0.2) is 26.2 Å². The van der Waals surface area contributed by atoms with Crippen molar-refractivity contribution in [2.75, 3.05) is 12.3 Å². The Morgan fingerprint density at radius 2 is 1.85 bits per heavy atom. The minimum absolute atomic E-state index is 0.0698. The fourth-order valence-electron chi connectivity index (χ4n) is 2.96. The molecule has 0 unspecified atom stereocenters. The lowest BCUT2D eigenvalue weighted by molar-refractivity contribution is -0.118. The number of anilines is 1. The fourth-order valence-corrected chi connectivity index (χ4v) is 3.57. The van der Waals surface area contributed by atoms with Gasteiger partial charge in [0.1, 0.15) is 21.5 Å². The topological polar surface area (TPSA) is 157 Å². The van der Waals surface area contributed by atoms with Crippen LogP contribution in [0.5, 0.6) is 0 Å². The number of aryl methyl sites for hydroxylation is 1. The van der Waals surface area contributed by atoms with Crippen molar-refractivity contribution < 1.29 is 22.2 Å². The molecule has 1 heterocycles. The van der Waals surface area contributed by atoms with E-state index in [4.69, 9.17) is 15.9 Å². The second-order valence-electron chi connectivity index (χ2n) is 6.50. The quantitative estimate of drug-likeness (QED) is 0.280. The third-order valence-corrected chi connectivity index (χ3v) is 5.36. The van der Waals surface area contributed by atoms with E-state index in [2.05, 4.69) is 0 Å². The fraction of sp³-hybridized carbons (Fsp3) is 0.444.